The van der Waals surface area contributed by atoms with Crippen molar-refractivity contribution in [1.82, 2.24) is 0 Å². The van der Waals surface area contributed by atoms with Crippen LogP contribution in [-0.4, -0.2) is 5.97 Å². The van der Waals surface area contributed by atoms with E-state index in [1.54, 1.807) is 0 Å². The van der Waals surface area contributed by atoms with Crippen molar-refractivity contribution < 1.29 is 9.90 Å². The molecular formula is C16H29O2-. The molecule has 0 aromatic rings. The fraction of sp³-hybridized carbons (Fsp3) is 0.812. The van der Waals surface area contributed by atoms with E-state index in [1.807, 2.05) is 0 Å². The van der Waals surface area contributed by atoms with Gasteiger partial charge in [0, 0.05) is 5.97 Å². The normalized spacial score (nSPS) is 11.2. The molecule has 0 aliphatic rings. The smallest absolute Gasteiger partial charge is 0.0414 e. The second-order valence-electron chi connectivity index (χ2n) is 5.00. The van der Waals surface area contributed by atoms with Crippen LogP contribution in [0.5, 0.6) is 0 Å². The van der Waals surface area contributed by atoms with E-state index in [-0.39, 0.29) is 6.42 Å². The zero-order valence-electron chi connectivity index (χ0n) is 12.0. The summed E-state index contributed by atoms with van der Waals surface area (Å²) in [6.45, 7) is 2.25. The van der Waals surface area contributed by atoms with Crippen molar-refractivity contribution in [3.05, 3.63) is 12.2 Å². The molecule has 0 unspecified atom stereocenters. The Hall–Kier alpha value is -0.790. The van der Waals surface area contributed by atoms with Crippen molar-refractivity contribution in [2.45, 2.75) is 84.0 Å². The maximum absolute atomic E-state index is 10.2. The number of rotatable bonds is 13. The molecule has 0 rings (SSSR count). The summed E-state index contributed by atoms with van der Waals surface area (Å²) in [4.78, 5) is 10.2. The molecule has 0 aromatic carbocycles. The molecule has 18 heavy (non-hydrogen) atoms. The van der Waals surface area contributed by atoms with E-state index in [0.29, 0.717) is 0 Å². The van der Waals surface area contributed by atoms with Gasteiger partial charge in [0.2, 0.25) is 0 Å². The van der Waals surface area contributed by atoms with E-state index < -0.39 is 5.97 Å². The van der Waals surface area contributed by atoms with Crippen LogP contribution >= 0.6 is 0 Å². The Kier molecular flexibility index (Phi) is 13.6. The Bertz CT molecular complexity index is 209. The van der Waals surface area contributed by atoms with Gasteiger partial charge >= 0.3 is 0 Å². The Morgan fingerprint density at radius 3 is 1.89 bits per heavy atom. The molecule has 2 heteroatoms. The summed E-state index contributed by atoms with van der Waals surface area (Å²) in [5.74, 6) is -0.923. The van der Waals surface area contributed by atoms with Crippen molar-refractivity contribution >= 4 is 5.97 Å². The van der Waals surface area contributed by atoms with Crippen LogP contribution in [0.4, 0.5) is 0 Å². The van der Waals surface area contributed by atoms with Crippen molar-refractivity contribution in [3.63, 3.8) is 0 Å². The number of carbonyl (C=O) groups is 1. The van der Waals surface area contributed by atoms with E-state index in [1.165, 1.54) is 44.9 Å². The molecule has 0 spiro atoms. The number of carbonyl (C=O) groups excluding carboxylic acids is 1. The maximum atomic E-state index is 10.2. The van der Waals surface area contributed by atoms with Gasteiger partial charge in [-0.25, -0.2) is 0 Å². The van der Waals surface area contributed by atoms with Crippen molar-refractivity contribution in [2.24, 2.45) is 0 Å². The summed E-state index contributed by atoms with van der Waals surface area (Å²) in [7, 11) is 0. The molecule has 0 radical (unpaired) electrons. The summed E-state index contributed by atoms with van der Waals surface area (Å²) in [5, 5.41) is 10.2. The second-order valence-corrected chi connectivity index (χ2v) is 5.00. The average molecular weight is 253 g/mol. The number of hydrogen-bond donors (Lipinski definition) is 0. The molecular weight excluding hydrogens is 224 g/mol. The standard InChI is InChI=1S/C16H30O2/c1-2-3-4-5-6-7-8-9-10-11-12-13-14-15-16(17)18/h9-10H,2-8,11-15H2,1H3,(H,17,18)/p-1/b10-9-. The first kappa shape index (κ1) is 17.2. The van der Waals surface area contributed by atoms with E-state index in [9.17, 15) is 9.90 Å². The summed E-state index contributed by atoms with van der Waals surface area (Å²) in [5.41, 5.74) is 0. The lowest BCUT2D eigenvalue weighted by Crippen LogP contribution is -2.21. The van der Waals surface area contributed by atoms with Crippen LogP contribution in [0, 0.1) is 0 Å². The highest BCUT2D eigenvalue weighted by Gasteiger charge is 1.90. The highest BCUT2D eigenvalue weighted by atomic mass is 16.4. The van der Waals surface area contributed by atoms with Crippen LogP contribution in [0.15, 0.2) is 12.2 Å². The maximum Gasteiger partial charge on any atom is 0.0414 e. The largest absolute Gasteiger partial charge is 0.550 e. The van der Waals surface area contributed by atoms with Crippen LogP contribution in [0.1, 0.15) is 84.0 Å². The molecule has 0 aromatic heterocycles. The lowest BCUT2D eigenvalue weighted by Gasteiger charge is -2.00. The number of aliphatic carboxylic acids is 1. The highest BCUT2D eigenvalue weighted by Crippen LogP contribution is 2.08. The minimum atomic E-state index is -0.923. The van der Waals surface area contributed by atoms with Gasteiger partial charge in [-0.2, -0.15) is 0 Å². The van der Waals surface area contributed by atoms with E-state index in [0.717, 1.165) is 25.7 Å². The molecule has 0 amide bonds. The van der Waals surface area contributed by atoms with Gasteiger partial charge in [0.05, 0.1) is 0 Å². The zero-order valence-corrected chi connectivity index (χ0v) is 12.0. The molecule has 0 saturated carbocycles. The number of hydrogen-bond acceptors (Lipinski definition) is 2. The predicted molar refractivity (Wildman–Crippen MR) is 75.2 cm³/mol. The van der Waals surface area contributed by atoms with Gasteiger partial charge in [0.25, 0.3) is 0 Å². The average Bonchev–Trinajstić information content (AvgIpc) is 2.34. The Morgan fingerprint density at radius 2 is 1.33 bits per heavy atom. The van der Waals surface area contributed by atoms with Gasteiger partial charge in [-0.3, -0.25) is 0 Å². The first-order valence-electron chi connectivity index (χ1n) is 7.62. The topological polar surface area (TPSA) is 40.1 Å². The molecule has 106 valence electrons. The minimum Gasteiger partial charge on any atom is -0.550 e. The van der Waals surface area contributed by atoms with Crippen LogP contribution in [0.25, 0.3) is 0 Å². The Labute approximate surface area is 112 Å². The number of carboxylic acid groups (broad SMARTS) is 1. The van der Waals surface area contributed by atoms with Crippen LogP contribution in [0.2, 0.25) is 0 Å². The summed E-state index contributed by atoms with van der Waals surface area (Å²) in [6, 6.07) is 0. The van der Waals surface area contributed by atoms with Gasteiger partial charge in [0.15, 0.2) is 0 Å². The molecule has 0 saturated heterocycles. The number of carboxylic acids is 1. The SMILES string of the molecule is CCCCCCCC/C=C\CCCCCC(=O)[O-]. The second kappa shape index (κ2) is 14.3. The van der Waals surface area contributed by atoms with Gasteiger partial charge in [-0.15, -0.1) is 0 Å². The third kappa shape index (κ3) is 15.2. The molecule has 0 heterocycles. The van der Waals surface area contributed by atoms with E-state index >= 15 is 0 Å². The first-order valence-corrected chi connectivity index (χ1v) is 7.62. The van der Waals surface area contributed by atoms with Crippen molar-refractivity contribution in [1.29, 1.82) is 0 Å². The third-order valence-electron chi connectivity index (χ3n) is 3.14. The van der Waals surface area contributed by atoms with Gasteiger partial charge in [-0.1, -0.05) is 57.6 Å². The molecule has 0 bridgehead atoms. The molecule has 0 aliphatic heterocycles. The van der Waals surface area contributed by atoms with Crippen LogP contribution in [0.3, 0.4) is 0 Å². The number of unbranched alkanes of at least 4 members (excludes halogenated alkanes) is 9. The van der Waals surface area contributed by atoms with Crippen molar-refractivity contribution in [3.8, 4) is 0 Å². The Balaban J connectivity index is 3.07. The van der Waals surface area contributed by atoms with Crippen LogP contribution < -0.4 is 5.11 Å². The zero-order chi connectivity index (χ0) is 13.5. The van der Waals surface area contributed by atoms with E-state index in [2.05, 4.69) is 19.1 Å². The lowest BCUT2D eigenvalue weighted by molar-refractivity contribution is -0.305. The first-order chi connectivity index (χ1) is 8.77. The molecule has 0 aliphatic carbocycles. The highest BCUT2D eigenvalue weighted by molar-refractivity contribution is 5.63. The lowest BCUT2D eigenvalue weighted by atomic mass is 10.1. The Morgan fingerprint density at radius 1 is 0.833 bits per heavy atom. The third-order valence-corrected chi connectivity index (χ3v) is 3.14. The van der Waals surface area contributed by atoms with Gasteiger partial charge < -0.3 is 9.90 Å². The molecule has 0 N–H and O–H groups in total. The molecule has 0 fully saturated rings. The predicted octanol–water partition coefficient (Wildman–Crippen LogP) is 3.99. The fourth-order valence-electron chi connectivity index (χ4n) is 1.99. The number of allylic oxidation sites excluding steroid dienone is 2. The van der Waals surface area contributed by atoms with Crippen molar-refractivity contribution in [2.75, 3.05) is 0 Å². The minimum absolute atomic E-state index is 0.210. The quantitative estimate of drug-likeness (QED) is 0.368. The van der Waals surface area contributed by atoms with Gasteiger partial charge in [0.1, 0.15) is 0 Å². The van der Waals surface area contributed by atoms with E-state index in [4.69, 9.17) is 0 Å². The summed E-state index contributed by atoms with van der Waals surface area (Å²) in [6.07, 6.45) is 18.0. The monoisotopic (exact) mass is 253 g/mol. The van der Waals surface area contributed by atoms with Crippen LogP contribution in [-0.2, 0) is 4.79 Å². The summed E-state index contributed by atoms with van der Waals surface area (Å²) >= 11 is 0. The fourth-order valence-corrected chi connectivity index (χ4v) is 1.99. The summed E-state index contributed by atoms with van der Waals surface area (Å²) < 4.78 is 0. The molecule has 0 atom stereocenters. The van der Waals surface area contributed by atoms with Gasteiger partial charge in [-0.05, 0) is 38.5 Å². The molecule has 2 nitrogen and oxygen atoms in total.